The van der Waals surface area contributed by atoms with Gasteiger partial charge < -0.3 is 16.0 Å². The maximum atomic E-state index is 12.1. The van der Waals surface area contributed by atoms with Crippen LogP contribution in [-0.2, 0) is 4.79 Å². The number of amides is 1. The largest absolute Gasteiger partial charge is 0.355 e. The summed E-state index contributed by atoms with van der Waals surface area (Å²) < 4.78 is 0. The van der Waals surface area contributed by atoms with Gasteiger partial charge >= 0.3 is 0 Å². The van der Waals surface area contributed by atoms with Gasteiger partial charge in [-0.3, -0.25) is 4.79 Å². The molecule has 0 aromatic carbocycles. The molecule has 0 radical (unpaired) electrons. The third kappa shape index (κ3) is 5.49. The smallest absolute Gasteiger partial charge is 0.240 e. The first-order valence-electron chi connectivity index (χ1n) is 7.92. The summed E-state index contributed by atoms with van der Waals surface area (Å²) in [5.41, 5.74) is 5.60. The van der Waals surface area contributed by atoms with Crippen molar-refractivity contribution in [3.8, 4) is 0 Å². The third-order valence-electron chi connectivity index (χ3n) is 4.28. The van der Waals surface area contributed by atoms with Crippen molar-refractivity contribution in [3.63, 3.8) is 0 Å². The molecule has 3 N–H and O–H groups in total. The number of nitrogens with two attached hydrogens (primary N) is 1. The number of hydrogen-bond acceptors (Lipinski definition) is 3. The third-order valence-corrected chi connectivity index (χ3v) is 4.28. The van der Waals surface area contributed by atoms with Gasteiger partial charge in [0.1, 0.15) is 0 Å². The lowest BCUT2D eigenvalue weighted by molar-refractivity contribution is -0.127. The van der Waals surface area contributed by atoms with E-state index in [2.05, 4.69) is 24.1 Å². The van der Waals surface area contributed by atoms with Crippen molar-refractivity contribution in [1.82, 2.24) is 10.2 Å². The number of nitrogens with zero attached hydrogens (tertiary/aromatic N) is 1. The lowest BCUT2D eigenvalue weighted by Gasteiger charge is -2.31. The van der Waals surface area contributed by atoms with E-state index in [1.54, 1.807) is 0 Å². The van der Waals surface area contributed by atoms with Crippen LogP contribution in [0.5, 0.6) is 0 Å². The molecule has 0 unspecified atom stereocenters. The second kappa shape index (κ2) is 8.54. The zero-order valence-electron chi connectivity index (χ0n) is 12.7. The molecule has 0 spiro atoms. The van der Waals surface area contributed by atoms with Crippen molar-refractivity contribution in [1.29, 1.82) is 0 Å². The maximum Gasteiger partial charge on any atom is 0.240 e. The molecular weight excluding hydrogens is 238 g/mol. The van der Waals surface area contributed by atoms with Crippen molar-refractivity contribution < 1.29 is 4.79 Å². The molecule has 0 aromatic heterocycles. The zero-order chi connectivity index (χ0) is 14.1. The van der Waals surface area contributed by atoms with Gasteiger partial charge in [0.05, 0.1) is 5.54 Å². The number of rotatable bonds is 8. The lowest BCUT2D eigenvalue weighted by Crippen LogP contribution is -2.55. The van der Waals surface area contributed by atoms with Crippen LogP contribution in [0.25, 0.3) is 0 Å². The van der Waals surface area contributed by atoms with E-state index in [0.717, 1.165) is 64.7 Å². The van der Waals surface area contributed by atoms with Gasteiger partial charge in [0.15, 0.2) is 0 Å². The Balaban J connectivity index is 2.13. The van der Waals surface area contributed by atoms with E-state index < -0.39 is 5.54 Å². The Kier molecular flexibility index (Phi) is 7.39. The van der Waals surface area contributed by atoms with Crippen LogP contribution in [0.1, 0.15) is 58.8 Å². The van der Waals surface area contributed by atoms with Crippen LogP contribution in [-0.4, -0.2) is 42.5 Å². The number of hydrogen-bond donors (Lipinski definition) is 2. The average Bonchev–Trinajstić information content (AvgIpc) is 2.43. The molecule has 112 valence electrons. The molecule has 0 bridgehead atoms. The SMILES string of the molecule is CCN(CC)CCCCNC(=O)C1(N)CCCCC1. The van der Waals surface area contributed by atoms with Gasteiger partial charge in [0.25, 0.3) is 0 Å². The minimum absolute atomic E-state index is 0.0649. The van der Waals surface area contributed by atoms with Crippen molar-refractivity contribution in [2.75, 3.05) is 26.2 Å². The Bertz CT molecular complexity index is 258. The van der Waals surface area contributed by atoms with Crippen molar-refractivity contribution >= 4 is 5.91 Å². The molecule has 19 heavy (non-hydrogen) atoms. The molecule has 4 heteroatoms. The summed E-state index contributed by atoms with van der Waals surface area (Å²) >= 11 is 0. The fraction of sp³-hybridized carbons (Fsp3) is 0.933. The molecule has 1 saturated carbocycles. The molecule has 1 rings (SSSR count). The Morgan fingerprint density at radius 1 is 1.16 bits per heavy atom. The van der Waals surface area contributed by atoms with Gasteiger partial charge in [-0.05, 0) is 45.3 Å². The molecule has 0 aliphatic heterocycles. The van der Waals surface area contributed by atoms with Gasteiger partial charge in [-0.2, -0.15) is 0 Å². The first-order chi connectivity index (χ1) is 9.12. The van der Waals surface area contributed by atoms with E-state index in [-0.39, 0.29) is 5.91 Å². The highest BCUT2D eigenvalue weighted by Crippen LogP contribution is 2.25. The molecule has 0 heterocycles. The van der Waals surface area contributed by atoms with E-state index in [1.807, 2.05) is 0 Å². The summed E-state index contributed by atoms with van der Waals surface area (Å²) in [5, 5.41) is 3.02. The van der Waals surface area contributed by atoms with Crippen LogP contribution in [0.15, 0.2) is 0 Å². The summed E-state index contributed by atoms with van der Waals surface area (Å²) in [6.45, 7) is 8.47. The number of carbonyl (C=O) groups excluding carboxylic acids is 1. The maximum absolute atomic E-state index is 12.1. The van der Waals surface area contributed by atoms with E-state index >= 15 is 0 Å². The van der Waals surface area contributed by atoms with Crippen LogP contribution in [0, 0.1) is 0 Å². The Hall–Kier alpha value is -0.610. The predicted octanol–water partition coefficient (Wildman–Crippen LogP) is 1.89. The Labute approximate surface area is 118 Å². The highest BCUT2D eigenvalue weighted by molar-refractivity contribution is 5.86. The summed E-state index contributed by atoms with van der Waals surface area (Å²) in [6.07, 6.45) is 7.27. The van der Waals surface area contributed by atoms with Crippen LogP contribution in [0.4, 0.5) is 0 Å². The quantitative estimate of drug-likeness (QED) is 0.662. The number of carbonyl (C=O) groups is 1. The monoisotopic (exact) mass is 269 g/mol. The minimum Gasteiger partial charge on any atom is -0.355 e. The van der Waals surface area contributed by atoms with Crippen molar-refractivity contribution in [3.05, 3.63) is 0 Å². The van der Waals surface area contributed by atoms with E-state index in [1.165, 1.54) is 6.42 Å². The van der Waals surface area contributed by atoms with Crippen molar-refractivity contribution in [2.24, 2.45) is 5.73 Å². The van der Waals surface area contributed by atoms with E-state index in [4.69, 9.17) is 5.73 Å². The second-order valence-electron chi connectivity index (χ2n) is 5.71. The van der Waals surface area contributed by atoms with Crippen LogP contribution in [0.3, 0.4) is 0 Å². The molecule has 4 nitrogen and oxygen atoms in total. The minimum atomic E-state index is -0.586. The Morgan fingerprint density at radius 3 is 2.37 bits per heavy atom. The van der Waals surface area contributed by atoms with E-state index in [9.17, 15) is 4.79 Å². The van der Waals surface area contributed by atoms with Crippen LogP contribution < -0.4 is 11.1 Å². The standard InChI is InChI=1S/C15H31N3O/c1-3-18(4-2)13-9-8-12-17-14(19)15(16)10-6-5-7-11-15/h3-13,16H2,1-2H3,(H,17,19). The fourth-order valence-electron chi connectivity index (χ4n) is 2.79. The number of unbranched alkanes of at least 4 members (excludes halogenated alkanes) is 1. The summed E-state index contributed by atoms with van der Waals surface area (Å²) in [5.74, 6) is 0.0649. The normalized spacial score (nSPS) is 18.5. The molecule has 0 saturated heterocycles. The molecule has 1 fully saturated rings. The highest BCUT2D eigenvalue weighted by atomic mass is 16.2. The summed E-state index contributed by atoms with van der Waals surface area (Å²) in [4.78, 5) is 14.5. The molecule has 1 aliphatic carbocycles. The van der Waals surface area contributed by atoms with Gasteiger partial charge in [0.2, 0.25) is 5.91 Å². The number of nitrogens with one attached hydrogen (secondary N) is 1. The predicted molar refractivity (Wildman–Crippen MR) is 80.0 cm³/mol. The highest BCUT2D eigenvalue weighted by Gasteiger charge is 2.34. The molecule has 1 aliphatic rings. The summed E-state index contributed by atoms with van der Waals surface area (Å²) in [6, 6.07) is 0. The fourth-order valence-corrected chi connectivity index (χ4v) is 2.79. The van der Waals surface area contributed by atoms with Gasteiger partial charge in [-0.15, -0.1) is 0 Å². The van der Waals surface area contributed by atoms with Gasteiger partial charge in [-0.25, -0.2) is 0 Å². The molecule has 1 amide bonds. The summed E-state index contributed by atoms with van der Waals surface area (Å²) in [7, 11) is 0. The van der Waals surface area contributed by atoms with Crippen LogP contribution >= 0.6 is 0 Å². The molecular formula is C15H31N3O. The molecule has 0 atom stereocenters. The van der Waals surface area contributed by atoms with Crippen molar-refractivity contribution in [2.45, 2.75) is 64.3 Å². The molecule has 0 aromatic rings. The topological polar surface area (TPSA) is 58.4 Å². The second-order valence-corrected chi connectivity index (χ2v) is 5.71. The Morgan fingerprint density at radius 2 is 1.79 bits per heavy atom. The average molecular weight is 269 g/mol. The lowest BCUT2D eigenvalue weighted by atomic mass is 9.82. The van der Waals surface area contributed by atoms with Gasteiger partial charge in [0, 0.05) is 6.54 Å². The van der Waals surface area contributed by atoms with E-state index in [0.29, 0.717) is 0 Å². The zero-order valence-corrected chi connectivity index (χ0v) is 12.7. The van der Waals surface area contributed by atoms with Crippen LogP contribution in [0.2, 0.25) is 0 Å². The van der Waals surface area contributed by atoms with Gasteiger partial charge in [-0.1, -0.05) is 33.1 Å². The first kappa shape index (κ1) is 16.4. The first-order valence-corrected chi connectivity index (χ1v) is 7.92.